The standard InChI is InChI=1S/C17H17FN4O2/c1-17(9-15(24)22(2)16(19)21-17)14-5-3-4-12(20-14)10-6-7-11(18)13(23)8-10/h3-8,23H,9H2,1-2H3,(H2,19,21)/t17-/m0/s1. The number of carbonyl (C=O) groups excluding carboxylic acids is 1. The third kappa shape index (κ3) is 2.68. The number of hydrogen-bond acceptors (Lipinski definition) is 5. The van der Waals surface area contributed by atoms with Crippen molar-refractivity contribution in [2.45, 2.75) is 18.9 Å². The number of pyridine rings is 1. The predicted molar refractivity (Wildman–Crippen MR) is 87.7 cm³/mol. The number of hydrogen-bond donors (Lipinski definition) is 2. The van der Waals surface area contributed by atoms with Crippen molar-refractivity contribution in [3.05, 3.63) is 47.9 Å². The molecule has 0 spiro atoms. The summed E-state index contributed by atoms with van der Waals surface area (Å²) in [5, 5.41) is 9.54. The summed E-state index contributed by atoms with van der Waals surface area (Å²) in [5.74, 6) is -1.14. The molecule has 3 N–H and O–H groups in total. The molecule has 0 radical (unpaired) electrons. The highest BCUT2D eigenvalue weighted by Gasteiger charge is 2.37. The van der Waals surface area contributed by atoms with Crippen LogP contribution in [0, 0.1) is 5.82 Å². The van der Waals surface area contributed by atoms with Gasteiger partial charge in [0.25, 0.3) is 0 Å². The average molecular weight is 328 g/mol. The Morgan fingerprint density at radius 2 is 2.08 bits per heavy atom. The van der Waals surface area contributed by atoms with E-state index in [0.29, 0.717) is 17.0 Å². The highest BCUT2D eigenvalue weighted by molar-refractivity contribution is 5.98. The number of phenols is 1. The van der Waals surface area contributed by atoms with Crippen LogP contribution in [-0.4, -0.2) is 33.9 Å². The Bertz CT molecular complexity index is 852. The van der Waals surface area contributed by atoms with Gasteiger partial charge in [0.2, 0.25) is 5.91 Å². The molecule has 1 aliphatic heterocycles. The summed E-state index contributed by atoms with van der Waals surface area (Å²) in [6, 6.07) is 9.29. The molecule has 0 unspecified atom stereocenters. The number of nitrogens with zero attached hydrogens (tertiary/aromatic N) is 3. The fourth-order valence-corrected chi connectivity index (χ4v) is 2.62. The lowest BCUT2D eigenvalue weighted by Crippen LogP contribution is -2.47. The van der Waals surface area contributed by atoms with Gasteiger partial charge in [-0.2, -0.15) is 0 Å². The highest BCUT2D eigenvalue weighted by atomic mass is 19.1. The maximum absolute atomic E-state index is 13.2. The van der Waals surface area contributed by atoms with E-state index in [0.717, 1.165) is 0 Å². The summed E-state index contributed by atoms with van der Waals surface area (Å²) >= 11 is 0. The Labute approximate surface area is 138 Å². The number of rotatable bonds is 2. The van der Waals surface area contributed by atoms with Crippen LogP contribution < -0.4 is 5.73 Å². The van der Waals surface area contributed by atoms with Gasteiger partial charge in [-0.25, -0.2) is 9.38 Å². The maximum Gasteiger partial charge on any atom is 0.231 e. The van der Waals surface area contributed by atoms with Gasteiger partial charge in [-0.3, -0.25) is 14.7 Å². The van der Waals surface area contributed by atoms with Gasteiger partial charge in [0.05, 0.1) is 17.8 Å². The molecule has 2 aromatic rings. The largest absolute Gasteiger partial charge is 0.505 e. The van der Waals surface area contributed by atoms with Gasteiger partial charge < -0.3 is 10.8 Å². The number of phenolic OH excluding ortho intramolecular Hbond substituents is 1. The summed E-state index contributed by atoms with van der Waals surface area (Å²) in [7, 11) is 1.58. The number of amides is 1. The maximum atomic E-state index is 13.2. The molecule has 3 rings (SSSR count). The lowest BCUT2D eigenvalue weighted by molar-refractivity contribution is -0.128. The van der Waals surface area contributed by atoms with Crippen LogP contribution in [-0.2, 0) is 10.3 Å². The van der Waals surface area contributed by atoms with Crippen LogP contribution in [0.5, 0.6) is 5.75 Å². The molecule has 2 heterocycles. The molecule has 24 heavy (non-hydrogen) atoms. The van der Waals surface area contributed by atoms with Gasteiger partial charge in [0.15, 0.2) is 17.5 Å². The molecule has 0 fully saturated rings. The number of benzene rings is 1. The van der Waals surface area contributed by atoms with Crippen molar-refractivity contribution in [1.29, 1.82) is 0 Å². The summed E-state index contributed by atoms with van der Waals surface area (Å²) in [5.41, 5.74) is 6.64. The van der Waals surface area contributed by atoms with Crippen molar-refractivity contribution >= 4 is 11.9 Å². The molecular formula is C17H17FN4O2. The molecule has 124 valence electrons. The molecule has 1 atom stereocenters. The fraction of sp³-hybridized carbons (Fsp3) is 0.235. The van der Waals surface area contributed by atoms with Crippen molar-refractivity contribution in [1.82, 2.24) is 9.88 Å². The molecule has 0 saturated heterocycles. The van der Waals surface area contributed by atoms with Crippen LogP contribution in [0.15, 0.2) is 41.4 Å². The van der Waals surface area contributed by atoms with E-state index >= 15 is 0 Å². The lowest BCUT2D eigenvalue weighted by Gasteiger charge is -2.32. The SMILES string of the molecule is CN1C(=O)C[C@@](C)(c2cccc(-c3ccc(F)c(O)c3)n2)N=C1N. The second kappa shape index (κ2) is 5.59. The molecular weight excluding hydrogens is 311 g/mol. The first-order chi connectivity index (χ1) is 11.3. The third-order valence-electron chi connectivity index (χ3n) is 4.12. The number of nitrogens with two attached hydrogens (primary N) is 1. The Hall–Kier alpha value is -2.96. The van der Waals surface area contributed by atoms with Crippen molar-refractivity contribution < 1.29 is 14.3 Å². The van der Waals surface area contributed by atoms with E-state index in [1.54, 1.807) is 32.2 Å². The zero-order valence-corrected chi connectivity index (χ0v) is 13.3. The van der Waals surface area contributed by atoms with Gasteiger partial charge in [-0.05, 0) is 37.3 Å². The molecule has 0 aliphatic carbocycles. The minimum absolute atomic E-state index is 0.139. The fourth-order valence-electron chi connectivity index (χ4n) is 2.62. The zero-order chi connectivity index (χ0) is 17.5. The van der Waals surface area contributed by atoms with E-state index < -0.39 is 17.1 Å². The molecule has 0 bridgehead atoms. The van der Waals surface area contributed by atoms with Crippen LogP contribution in [0.4, 0.5) is 4.39 Å². The van der Waals surface area contributed by atoms with Crippen molar-refractivity contribution in [3.8, 4) is 17.0 Å². The second-order valence-electron chi connectivity index (χ2n) is 5.95. The predicted octanol–water partition coefficient (Wildman–Crippen LogP) is 1.99. The van der Waals surface area contributed by atoms with Gasteiger partial charge >= 0.3 is 0 Å². The molecule has 1 aromatic heterocycles. The van der Waals surface area contributed by atoms with Crippen LogP contribution in [0.2, 0.25) is 0 Å². The summed E-state index contributed by atoms with van der Waals surface area (Å²) in [6.45, 7) is 1.79. The molecule has 7 heteroatoms. The first kappa shape index (κ1) is 15.9. The van der Waals surface area contributed by atoms with Gasteiger partial charge in [0.1, 0.15) is 5.54 Å². The number of guanidine groups is 1. The Morgan fingerprint density at radius 3 is 2.75 bits per heavy atom. The highest BCUT2D eigenvalue weighted by Crippen LogP contribution is 2.33. The van der Waals surface area contributed by atoms with Crippen LogP contribution >= 0.6 is 0 Å². The molecule has 6 nitrogen and oxygen atoms in total. The first-order valence-corrected chi connectivity index (χ1v) is 7.38. The minimum atomic E-state index is -0.869. The Balaban J connectivity index is 2.05. The van der Waals surface area contributed by atoms with Crippen molar-refractivity contribution in [3.63, 3.8) is 0 Å². The first-order valence-electron chi connectivity index (χ1n) is 7.38. The number of aromatic nitrogens is 1. The summed E-state index contributed by atoms with van der Waals surface area (Å²) < 4.78 is 13.2. The van der Waals surface area contributed by atoms with E-state index in [4.69, 9.17) is 5.73 Å². The molecule has 1 aromatic carbocycles. The van der Waals surface area contributed by atoms with Gasteiger partial charge in [0, 0.05) is 12.6 Å². The smallest absolute Gasteiger partial charge is 0.231 e. The summed E-state index contributed by atoms with van der Waals surface area (Å²) in [4.78, 5) is 22.3. The van der Waals surface area contributed by atoms with Crippen molar-refractivity contribution in [2.75, 3.05) is 7.05 Å². The number of aromatic hydroxyl groups is 1. The Morgan fingerprint density at radius 1 is 1.33 bits per heavy atom. The second-order valence-corrected chi connectivity index (χ2v) is 5.95. The molecule has 1 aliphatic rings. The van der Waals surface area contributed by atoms with Gasteiger partial charge in [-0.15, -0.1) is 0 Å². The van der Waals surface area contributed by atoms with Crippen molar-refractivity contribution in [2.24, 2.45) is 10.7 Å². The average Bonchev–Trinajstić information content (AvgIpc) is 2.55. The van der Waals surface area contributed by atoms with E-state index in [1.165, 1.54) is 23.1 Å². The van der Waals surface area contributed by atoms with E-state index in [9.17, 15) is 14.3 Å². The number of halogens is 1. The van der Waals surface area contributed by atoms with Gasteiger partial charge in [-0.1, -0.05) is 6.07 Å². The quantitative estimate of drug-likeness (QED) is 0.882. The molecule has 1 amide bonds. The van der Waals surface area contributed by atoms with E-state index in [-0.39, 0.29) is 18.3 Å². The lowest BCUT2D eigenvalue weighted by atomic mass is 9.91. The zero-order valence-electron chi connectivity index (χ0n) is 13.3. The number of aliphatic imine (C=N–C) groups is 1. The summed E-state index contributed by atoms with van der Waals surface area (Å²) in [6.07, 6.45) is 0.148. The van der Waals surface area contributed by atoms with Crippen LogP contribution in [0.25, 0.3) is 11.3 Å². The minimum Gasteiger partial charge on any atom is -0.505 e. The normalized spacial score (nSPS) is 20.9. The topological polar surface area (TPSA) is 91.8 Å². The van der Waals surface area contributed by atoms with Crippen LogP contribution in [0.1, 0.15) is 19.0 Å². The third-order valence-corrected chi connectivity index (χ3v) is 4.12. The van der Waals surface area contributed by atoms with E-state index in [2.05, 4.69) is 9.98 Å². The molecule has 0 saturated carbocycles. The number of carbonyl (C=O) groups is 1. The van der Waals surface area contributed by atoms with Crippen LogP contribution in [0.3, 0.4) is 0 Å². The van der Waals surface area contributed by atoms with E-state index in [1.807, 2.05) is 0 Å². The monoisotopic (exact) mass is 328 g/mol. The Kier molecular flexibility index (Phi) is 3.71.